The Hall–Kier alpha value is -4.84. The number of urea groups is 1. The Balaban J connectivity index is 1.51. The summed E-state index contributed by atoms with van der Waals surface area (Å²) in [5.74, 6) is -1.71. The van der Waals surface area contributed by atoms with E-state index in [-0.39, 0.29) is 43.4 Å². The zero-order valence-electron chi connectivity index (χ0n) is 26.7. The molecule has 2 N–H and O–H groups in total. The first kappa shape index (κ1) is 35.0. The SMILES string of the molecule is CC(=O)SC(CCCN1C(=O)c2ccccc2C1=O)C(=O)N(CCC(C)C)C(=O)N[C@@H](Cc1ccccc1)C(=O)Nc1ccncc1. The average Bonchev–Trinajstić information content (AvgIpc) is 3.29. The average molecular weight is 658 g/mol. The lowest BCUT2D eigenvalue weighted by Gasteiger charge is -2.28. The van der Waals surface area contributed by atoms with Crippen molar-refractivity contribution in [2.75, 3.05) is 18.4 Å². The van der Waals surface area contributed by atoms with E-state index < -0.39 is 41.0 Å². The lowest BCUT2D eigenvalue weighted by Crippen LogP contribution is -2.54. The van der Waals surface area contributed by atoms with Gasteiger partial charge in [-0.25, -0.2) is 4.79 Å². The molecule has 0 radical (unpaired) electrons. The number of anilines is 1. The van der Waals surface area contributed by atoms with Gasteiger partial charge < -0.3 is 10.6 Å². The van der Waals surface area contributed by atoms with Gasteiger partial charge in [-0.05, 0) is 55.0 Å². The van der Waals surface area contributed by atoms with Gasteiger partial charge in [0.15, 0.2) is 5.12 Å². The number of hydrogen-bond donors (Lipinski definition) is 2. The van der Waals surface area contributed by atoms with Gasteiger partial charge >= 0.3 is 6.03 Å². The highest BCUT2D eigenvalue weighted by Gasteiger charge is 2.36. The molecule has 2 heterocycles. The first-order chi connectivity index (χ1) is 22.5. The molecule has 1 aliphatic heterocycles. The van der Waals surface area contributed by atoms with Crippen LogP contribution in [0.3, 0.4) is 0 Å². The number of benzene rings is 2. The maximum absolute atomic E-state index is 14.0. The Labute approximate surface area is 278 Å². The molecule has 47 heavy (non-hydrogen) atoms. The number of pyridine rings is 1. The fraction of sp³-hybridized carbons (Fsp3) is 0.343. The number of amides is 6. The standard InChI is InChI=1S/C35H39N5O6S/c1-23(2)17-21-40(35(46)38-29(22-25-10-5-4-6-11-25)31(42)37-26-15-18-36-19-16-26)34(45)30(47-24(3)41)14-9-20-39-32(43)27-12-7-8-13-28(27)33(39)44/h4-8,10-13,15-16,18-19,23,29-30H,9,14,17,20-22H2,1-3H3,(H,38,46)(H,36,37,42)/t29-,30?/m0/s1. The first-order valence-electron chi connectivity index (χ1n) is 15.5. The molecule has 246 valence electrons. The number of nitrogens with one attached hydrogen (secondary N) is 2. The number of thioether (sulfide) groups is 1. The Bertz CT molecular complexity index is 1570. The molecular weight excluding hydrogens is 618 g/mol. The van der Waals surface area contributed by atoms with Crippen LogP contribution in [0.4, 0.5) is 10.5 Å². The van der Waals surface area contributed by atoms with Crippen molar-refractivity contribution in [3.05, 3.63) is 95.8 Å². The molecule has 2 atom stereocenters. The molecule has 6 amide bonds. The van der Waals surface area contributed by atoms with Gasteiger partial charge in [-0.1, -0.05) is 68.1 Å². The fourth-order valence-electron chi connectivity index (χ4n) is 5.13. The van der Waals surface area contributed by atoms with Gasteiger partial charge in [0.1, 0.15) is 6.04 Å². The lowest BCUT2D eigenvalue weighted by atomic mass is 10.1. The number of rotatable bonds is 14. The van der Waals surface area contributed by atoms with E-state index in [1.807, 2.05) is 44.2 Å². The molecule has 0 fully saturated rings. The van der Waals surface area contributed by atoms with Gasteiger partial charge in [0.25, 0.3) is 11.8 Å². The summed E-state index contributed by atoms with van der Waals surface area (Å²) in [5, 5.41) is 4.31. The molecule has 0 saturated carbocycles. The number of carbonyl (C=O) groups excluding carboxylic acids is 6. The summed E-state index contributed by atoms with van der Waals surface area (Å²) in [6.07, 6.45) is 4.12. The molecule has 3 aromatic rings. The van der Waals surface area contributed by atoms with E-state index in [2.05, 4.69) is 15.6 Å². The number of nitrogens with zero attached hydrogens (tertiary/aromatic N) is 3. The molecule has 4 rings (SSSR count). The van der Waals surface area contributed by atoms with Crippen molar-refractivity contribution in [1.29, 1.82) is 0 Å². The molecule has 0 bridgehead atoms. The Morgan fingerprint density at radius 2 is 1.49 bits per heavy atom. The van der Waals surface area contributed by atoms with E-state index in [4.69, 9.17) is 0 Å². The second-order valence-corrected chi connectivity index (χ2v) is 13.0. The molecule has 12 heteroatoms. The van der Waals surface area contributed by atoms with Gasteiger partial charge in [-0.2, -0.15) is 0 Å². The van der Waals surface area contributed by atoms with Crippen LogP contribution in [-0.4, -0.2) is 73.9 Å². The highest BCUT2D eigenvalue weighted by Crippen LogP contribution is 2.25. The minimum absolute atomic E-state index is 0.0567. The van der Waals surface area contributed by atoms with E-state index >= 15 is 0 Å². The monoisotopic (exact) mass is 657 g/mol. The Morgan fingerprint density at radius 1 is 0.872 bits per heavy atom. The van der Waals surface area contributed by atoms with Gasteiger partial charge in [-0.3, -0.25) is 38.8 Å². The van der Waals surface area contributed by atoms with Crippen LogP contribution >= 0.6 is 11.8 Å². The van der Waals surface area contributed by atoms with Crippen molar-refractivity contribution in [3.8, 4) is 0 Å². The van der Waals surface area contributed by atoms with Crippen LogP contribution in [-0.2, 0) is 20.8 Å². The van der Waals surface area contributed by atoms with Gasteiger partial charge in [-0.15, -0.1) is 0 Å². The summed E-state index contributed by atoms with van der Waals surface area (Å²) in [5.41, 5.74) is 1.97. The predicted octanol–water partition coefficient (Wildman–Crippen LogP) is 4.94. The van der Waals surface area contributed by atoms with E-state index in [0.717, 1.165) is 27.1 Å². The third-order valence-electron chi connectivity index (χ3n) is 7.60. The topological polar surface area (TPSA) is 146 Å². The van der Waals surface area contributed by atoms with E-state index in [1.165, 1.54) is 19.3 Å². The molecule has 1 aromatic heterocycles. The normalized spacial score (nSPS) is 13.6. The maximum Gasteiger partial charge on any atom is 0.324 e. The largest absolute Gasteiger partial charge is 0.325 e. The number of aromatic nitrogens is 1. The smallest absolute Gasteiger partial charge is 0.324 e. The predicted molar refractivity (Wildman–Crippen MR) is 180 cm³/mol. The molecule has 2 aromatic carbocycles. The summed E-state index contributed by atoms with van der Waals surface area (Å²) >= 11 is 0.805. The second kappa shape index (κ2) is 16.6. The molecule has 0 saturated heterocycles. The van der Waals surface area contributed by atoms with Gasteiger partial charge in [0.05, 0.1) is 16.4 Å². The van der Waals surface area contributed by atoms with E-state index in [0.29, 0.717) is 23.2 Å². The molecule has 1 unspecified atom stereocenters. The van der Waals surface area contributed by atoms with Crippen molar-refractivity contribution in [1.82, 2.24) is 20.1 Å². The zero-order valence-corrected chi connectivity index (χ0v) is 27.5. The van der Waals surface area contributed by atoms with Crippen molar-refractivity contribution in [2.45, 2.75) is 57.7 Å². The number of imide groups is 2. The van der Waals surface area contributed by atoms with Gasteiger partial charge in [0, 0.05) is 44.5 Å². The second-order valence-electron chi connectivity index (χ2n) is 11.6. The molecule has 11 nitrogen and oxygen atoms in total. The molecule has 0 spiro atoms. The Kier molecular flexibility index (Phi) is 12.4. The minimum atomic E-state index is -1.03. The quantitative estimate of drug-likeness (QED) is 0.232. The molecule has 0 aliphatic carbocycles. The third-order valence-corrected chi connectivity index (χ3v) is 8.65. The van der Waals surface area contributed by atoms with Gasteiger partial charge in [0.2, 0.25) is 11.8 Å². The first-order valence-corrected chi connectivity index (χ1v) is 16.4. The fourth-order valence-corrected chi connectivity index (χ4v) is 6.05. The number of fused-ring (bicyclic) bond motifs is 1. The van der Waals surface area contributed by atoms with Crippen molar-refractivity contribution in [2.24, 2.45) is 5.92 Å². The highest BCUT2D eigenvalue weighted by atomic mass is 32.2. The van der Waals surface area contributed by atoms with Crippen molar-refractivity contribution in [3.63, 3.8) is 0 Å². The van der Waals surface area contributed by atoms with Crippen molar-refractivity contribution < 1.29 is 28.8 Å². The summed E-state index contributed by atoms with van der Waals surface area (Å²) in [6.45, 7) is 5.39. The molecular formula is C35H39N5O6S. The zero-order chi connectivity index (χ0) is 33.9. The maximum atomic E-state index is 14.0. The lowest BCUT2D eigenvalue weighted by molar-refractivity contribution is -0.128. The third kappa shape index (κ3) is 9.58. The van der Waals surface area contributed by atoms with Crippen LogP contribution in [0.15, 0.2) is 79.1 Å². The van der Waals surface area contributed by atoms with Crippen LogP contribution in [0.2, 0.25) is 0 Å². The van der Waals surface area contributed by atoms with Crippen molar-refractivity contribution >= 4 is 52.2 Å². The van der Waals surface area contributed by atoms with E-state index in [1.54, 1.807) is 36.4 Å². The molecule has 1 aliphatic rings. The van der Waals surface area contributed by atoms with Crippen LogP contribution < -0.4 is 10.6 Å². The number of hydrogen-bond acceptors (Lipinski definition) is 8. The van der Waals surface area contributed by atoms with Crippen LogP contribution in [0.25, 0.3) is 0 Å². The van der Waals surface area contributed by atoms with Crippen LogP contribution in [0.5, 0.6) is 0 Å². The highest BCUT2D eigenvalue weighted by molar-refractivity contribution is 8.14. The number of carbonyl (C=O) groups is 6. The Morgan fingerprint density at radius 3 is 2.09 bits per heavy atom. The van der Waals surface area contributed by atoms with Crippen LogP contribution in [0.1, 0.15) is 66.3 Å². The summed E-state index contributed by atoms with van der Waals surface area (Å²) in [6, 6.07) is 17.2. The minimum Gasteiger partial charge on any atom is -0.325 e. The van der Waals surface area contributed by atoms with E-state index in [9.17, 15) is 28.8 Å². The summed E-state index contributed by atoms with van der Waals surface area (Å²) in [7, 11) is 0. The van der Waals surface area contributed by atoms with Crippen LogP contribution in [0, 0.1) is 5.92 Å². The summed E-state index contributed by atoms with van der Waals surface area (Å²) in [4.78, 5) is 85.4. The summed E-state index contributed by atoms with van der Waals surface area (Å²) < 4.78 is 0.